The van der Waals surface area contributed by atoms with E-state index in [1.807, 2.05) is 13.8 Å². The van der Waals surface area contributed by atoms with Gasteiger partial charge >= 0.3 is 5.97 Å². The molecule has 0 bridgehead atoms. The molecule has 1 aromatic rings. The molecule has 2 fully saturated rings. The molecule has 2 saturated heterocycles. The van der Waals surface area contributed by atoms with Gasteiger partial charge in [0.1, 0.15) is 0 Å². The van der Waals surface area contributed by atoms with Crippen LogP contribution in [0.5, 0.6) is 0 Å². The van der Waals surface area contributed by atoms with Crippen molar-refractivity contribution in [2.75, 3.05) is 46.4 Å². The average molecular weight is 402 g/mol. The molecule has 2 unspecified atom stereocenters. The van der Waals surface area contributed by atoms with Crippen LogP contribution < -0.4 is 0 Å². The number of morpholine rings is 1. The number of esters is 1. The van der Waals surface area contributed by atoms with Crippen molar-refractivity contribution in [3.8, 4) is 0 Å². The molecule has 3 heterocycles. The van der Waals surface area contributed by atoms with E-state index in [1.165, 1.54) is 21.9 Å². The lowest BCUT2D eigenvalue weighted by molar-refractivity contribution is -0.0458. The van der Waals surface area contributed by atoms with Crippen molar-refractivity contribution in [2.24, 2.45) is 0 Å². The fourth-order valence-corrected chi connectivity index (χ4v) is 5.10. The lowest BCUT2D eigenvalue weighted by Gasteiger charge is -2.40. The minimum Gasteiger partial charge on any atom is -0.464 e. The summed E-state index contributed by atoms with van der Waals surface area (Å²) in [6, 6.07) is 0. The number of methoxy groups -OCH3 is 1. The van der Waals surface area contributed by atoms with Crippen LogP contribution in [0.2, 0.25) is 0 Å². The molecule has 2 aliphatic heterocycles. The van der Waals surface area contributed by atoms with Crippen LogP contribution in [0.1, 0.15) is 24.3 Å². The quantitative estimate of drug-likeness (QED) is 0.577. The number of hydrogen-bond donors (Lipinski definition) is 0. The summed E-state index contributed by atoms with van der Waals surface area (Å²) in [7, 11) is -2.21. The van der Waals surface area contributed by atoms with Crippen molar-refractivity contribution in [3.63, 3.8) is 0 Å². The zero-order valence-electron chi connectivity index (χ0n) is 15.8. The Labute approximate surface area is 159 Å². The number of aromatic nitrogens is 3. The van der Waals surface area contributed by atoms with Gasteiger partial charge in [-0.05, 0) is 13.8 Å². The third kappa shape index (κ3) is 4.63. The molecule has 0 spiro atoms. The number of rotatable bonds is 5. The number of ether oxygens (including phenoxy) is 2. The summed E-state index contributed by atoms with van der Waals surface area (Å²) >= 11 is 0. The summed E-state index contributed by atoms with van der Waals surface area (Å²) in [6.07, 6.45) is 1.30. The van der Waals surface area contributed by atoms with E-state index in [-0.39, 0.29) is 17.9 Å². The topological polar surface area (TPSA) is 110 Å². The molecule has 12 heteroatoms. The van der Waals surface area contributed by atoms with Crippen molar-refractivity contribution in [1.29, 1.82) is 0 Å². The summed E-state index contributed by atoms with van der Waals surface area (Å²) in [6.45, 7) is 6.91. The molecule has 2 aliphatic rings. The summed E-state index contributed by atoms with van der Waals surface area (Å²) in [5, 5.41) is 7.68. The summed E-state index contributed by atoms with van der Waals surface area (Å²) in [5.41, 5.74) is 0.147. The van der Waals surface area contributed by atoms with Gasteiger partial charge in [-0.1, -0.05) is 5.21 Å². The first-order valence-corrected chi connectivity index (χ1v) is 10.3. The maximum Gasteiger partial charge on any atom is 0.360 e. The van der Waals surface area contributed by atoms with Crippen LogP contribution in [0.4, 0.5) is 0 Å². The summed E-state index contributed by atoms with van der Waals surface area (Å²) < 4.78 is 40.6. The fourth-order valence-electron chi connectivity index (χ4n) is 3.35. The smallest absolute Gasteiger partial charge is 0.360 e. The van der Waals surface area contributed by atoms with Crippen LogP contribution in [-0.2, 0) is 26.4 Å². The molecule has 27 heavy (non-hydrogen) atoms. The lowest BCUT2D eigenvalue weighted by Crippen LogP contribution is -2.57. The van der Waals surface area contributed by atoms with Crippen molar-refractivity contribution in [3.05, 3.63) is 11.9 Å². The third-order valence-electron chi connectivity index (χ3n) is 4.65. The predicted octanol–water partition coefficient (Wildman–Crippen LogP) is -1.01. The van der Waals surface area contributed by atoms with Crippen LogP contribution in [-0.4, -0.2) is 101 Å². The van der Waals surface area contributed by atoms with Gasteiger partial charge in [0.2, 0.25) is 0 Å². The monoisotopic (exact) mass is 402 g/mol. The molecule has 2 atom stereocenters. The van der Waals surface area contributed by atoms with Crippen molar-refractivity contribution in [2.45, 2.75) is 32.7 Å². The van der Waals surface area contributed by atoms with Gasteiger partial charge in [-0.25, -0.2) is 9.48 Å². The van der Waals surface area contributed by atoms with Gasteiger partial charge < -0.3 is 9.47 Å². The van der Waals surface area contributed by atoms with Gasteiger partial charge in [-0.3, -0.25) is 4.90 Å². The Balaban J connectivity index is 1.55. The highest BCUT2D eigenvalue weighted by molar-refractivity contribution is 7.86. The number of carbonyl (C=O) groups is 1. The van der Waals surface area contributed by atoms with Gasteiger partial charge in [-0.15, -0.1) is 5.10 Å². The number of nitrogens with zero attached hydrogens (tertiary/aromatic N) is 6. The Morgan fingerprint density at radius 1 is 1.19 bits per heavy atom. The second-order valence-corrected chi connectivity index (χ2v) is 8.80. The lowest BCUT2D eigenvalue weighted by atomic mass is 10.3. The van der Waals surface area contributed by atoms with E-state index in [0.29, 0.717) is 45.9 Å². The predicted molar refractivity (Wildman–Crippen MR) is 95.0 cm³/mol. The van der Waals surface area contributed by atoms with Crippen molar-refractivity contribution >= 4 is 16.2 Å². The highest BCUT2D eigenvalue weighted by Gasteiger charge is 2.36. The first-order chi connectivity index (χ1) is 12.8. The van der Waals surface area contributed by atoms with E-state index >= 15 is 0 Å². The van der Waals surface area contributed by atoms with Crippen LogP contribution in [0, 0.1) is 0 Å². The van der Waals surface area contributed by atoms with Crippen LogP contribution in [0.15, 0.2) is 6.20 Å². The maximum atomic E-state index is 12.9. The van der Waals surface area contributed by atoms with E-state index in [1.54, 1.807) is 4.68 Å². The highest BCUT2D eigenvalue weighted by atomic mass is 32.2. The second-order valence-electron chi connectivity index (χ2n) is 6.88. The molecular formula is C15H26N6O5S. The van der Waals surface area contributed by atoms with E-state index in [2.05, 4.69) is 19.9 Å². The Kier molecular flexibility index (Phi) is 6.11. The molecule has 0 aliphatic carbocycles. The van der Waals surface area contributed by atoms with E-state index in [0.717, 1.165) is 0 Å². The Bertz CT molecular complexity index is 751. The Hall–Kier alpha value is -1.60. The van der Waals surface area contributed by atoms with Crippen LogP contribution in [0.3, 0.4) is 0 Å². The van der Waals surface area contributed by atoms with Crippen molar-refractivity contribution < 1.29 is 22.7 Å². The van der Waals surface area contributed by atoms with E-state index < -0.39 is 16.2 Å². The summed E-state index contributed by atoms with van der Waals surface area (Å²) in [5.74, 6) is -0.536. The van der Waals surface area contributed by atoms with Gasteiger partial charge in [0.15, 0.2) is 5.69 Å². The molecule has 0 N–H and O–H groups in total. The first kappa shape index (κ1) is 20.1. The van der Waals surface area contributed by atoms with Crippen LogP contribution >= 0.6 is 0 Å². The van der Waals surface area contributed by atoms with Crippen molar-refractivity contribution in [1.82, 2.24) is 28.5 Å². The molecule has 152 valence electrons. The van der Waals surface area contributed by atoms with Gasteiger partial charge in [-0.2, -0.15) is 17.0 Å². The average Bonchev–Trinajstić information content (AvgIpc) is 3.09. The molecule has 0 amide bonds. The SMILES string of the molecule is COC(=O)c1cn(CN2CCN(S(=O)(=O)N3CC(C)OC(C)C3)CC2)nn1. The largest absolute Gasteiger partial charge is 0.464 e. The molecule has 3 rings (SSSR count). The minimum absolute atomic E-state index is 0.110. The number of carbonyl (C=O) groups excluding carboxylic acids is 1. The fraction of sp³-hybridized carbons (Fsp3) is 0.800. The molecule has 11 nitrogen and oxygen atoms in total. The maximum absolute atomic E-state index is 12.9. The normalized spacial score (nSPS) is 26.2. The van der Waals surface area contributed by atoms with Gasteiger partial charge in [0.25, 0.3) is 10.2 Å². The molecule has 0 aromatic carbocycles. The Morgan fingerprint density at radius 3 is 2.41 bits per heavy atom. The molecule has 0 radical (unpaired) electrons. The number of piperazine rings is 1. The zero-order valence-corrected chi connectivity index (χ0v) is 16.6. The minimum atomic E-state index is -3.49. The second kappa shape index (κ2) is 8.19. The van der Waals surface area contributed by atoms with Crippen LogP contribution in [0.25, 0.3) is 0 Å². The molecular weight excluding hydrogens is 376 g/mol. The van der Waals surface area contributed by atoms with Gasteiger partial charge in [0, 0.05) is 39.3 Å². The zero-order chi connectivity index (χ0) is 19.6. The highest BCUT2D eigenvalue weighted by Crippen LogP contribution is 2.19. The van der Waals surface area contributed by atoms with E-state index in [4.69, 9.17) is 4.74 Å². The van der Waals surface area contributed by atoms with E-state index in [9.17, 15) is 13.2 Å². The standard InChI is InChI=1S/C15H26N6O5S/c1-12-8-21(9-13(2)26-12)27(23,24)20-6-4-18(5-7-20)11-19-10-14(16-17-19)15(22)25-3/h10,12-13H,4-9,11H2,1-3H3. The summed E-state index contributed by atoms with van der Waals surface area (Å²) in [4.78, 5) is 13.5. The first-order valence-electron chi connectivity index (χ1n) is 8.91. The molecule has 1 aromatic heterocycles. The van der Waals surface area contributed by atoms with Gasteiger partial charge in [0.05, 0.1) is 32.2 Å². The third-order valence-corrected chi connectivity index (χ3v) is 6.62. The molecule has 0 saturated carbocycles. The number of hydrogen-bond acceptors (Lipinski definition) is 8. The Morgan fingerprint density at radius 2 is 1.81 bits per heavy atom.